The second kappa shape index (κ2) is 5.19. The number of aryl methyl sites for hydroxylation is 1. The van der Waals surface area contributed by atoms with E-state index in [1.54, 1.807) is 12.1 Å². The van der Waals surface area contributed by atoms with Crippen molar-refractivity contribution in [2.75, 3.05) is 6.61 Å². The molecule has 0 fully saturated rings. The third-order valence-electron chi connectivity index (χ3n) is 4.02. The molecule has 2 aromatic rings. The monoisotopic (exact) mass is 273 g/mol. The normalized spacial score (nSPS) is 17.9. The van der Waals surface area contributed by atoms with Crippen molar-refractivity contribution in [1.82, 2.24) is 4.40 Å². The van der Waals surface area contributed by atoms with Crippen LogP contribution in [0.25, 0.3) is 5.52 Å². The van der Waals surface area contributed by atoms with Crippen LogP contribution in [0.15, 0.2) is 24.4 Å². The lowest BCUT2D eigenvalue weighted by molar-refractivity contribution is -0.143. The summed E-state index contributed by atoms with van der Waals surface area (Å²) in [6.45, 7) is 2.27. The molecule has 4 nitrogen and oxygen atoms in total. The zero-order valence-corrected chi connectivity index (χ0v) is 11.6. The van der Waals surface area contributed by atoms with Gasteiger partial charge in [0, 0.05) is 23.5 Å². The molecule has 1 aliphatic rings. The molecule has 1 unspecified atom stereocenters. The number of aromatic nitrogens is 1. The van der Waals surface area contributed by atoms with Gasteiger partial charge >= 0.3 is 5.97 Å². The molecule has 0 aliphatic heterocycles. The van der Waals surface area contributed by atoms with Crippen molar-refractivity contribution in [2.45, 2.75) is 38.5 Å². The first-order valence-corrected chi connectivity index (χ1v) is 7.17. The molecule has 20 heavy (non-hydrogen) atoms. The first kappa shape index (κ1) is 13.0. The van der Waals surface area contributed by atoms with Crippen molar-refractivity contribution in [1.29, 1.82) is 0 Å². The molecule has 4 heteroatoms. The third-order valence-corrected chi connectivity index (χ3v) is 4.02. The highest BCUT2D eigenvalue weighted by molar-refractivity contribution is 5.71. The minimum absolute atomic E-state index is 0.122. The number of pyridine rings is 1. The van der Waals surface area contributed by atoms with Gasteiger partial charge in [0.1, 0.15) is 5.75 Å². The van der Waals surface area contributed by atoms with Crippen LogP contribution in [0.1, 0.15) is 43.4 Å². The van der Waals surface area contributed by atoms with E-state index in [1.807, 2.05) is 13.1 Å². The number of fused-ring (bicyclic) bond motifs is 3. The smallest absolute Gasteiger partial charge is 0.306 e. The van der Waals surface area contributed by atoms with Gasteiger partial charge in [0.25, 0.3) is 0 Å². The van der Waals surface area contributed by atoms with Gasteiger partial charge in [-0.25, -0.2) is 0 Å². The van der Waals surface area contributed by atoms with Crippen molar-refractivity contribution in [2.24, 2.45) is 0 Å². The van der Waals surface area contributed by atoms with Crippen molar-refractivity contribution in [3.8, 4) is 5.75 Å². The van der Waals surface area contributed by atoms with Crippen LogP contribution >= 0.6 is 0 Å². The molecule has 0 spiro atoms. The minimum Gasteiger partial charge on any atom is -0.508 e. The number of hydrogen-bond acceptors (Lipinski definition) is 3. The second-order valence-corrected chi connectivity index (χ2v) is 5.32. The Bertz CT molecular complexity index is 644. The minimum atomic E-state index is -0.122. The Morgan fingerprint density at radius 1 is 1.50 bits per heavy atom. The molecule has 0 saturated carbocycles. The van der Waals surface area contributed by atoms with Gasteiger partial charge in [0.2, 0.25) is 0 Å². The number of ether oxygens (including phenoxy) is 1. The van der Waals surface area contributed by atoms with E-state index in [1.165, 1.54) is 11.3 Å². The van der Waals surface area contributed by atoms with Crippen molar-refractivity contribution in [3.63, 3.8) is 0 Å². The molecule has 106 valence electrons. The molecule has 0 saturated heterocycles. The van der Waals surface area contributed by atoms with Crippen LogP contribution in [0.2, 0.25) is 0 Å². The summed E-state index contributed by atoms with van der Waals surface area (Å²) in [6.07, 6.45) is 5.48. The highest BCUT2D eigenvalue weighted by Crippen LogP contribution is 2.36. The maximum Gasteiger partial charge on any atom is 0.306 e. The highest BCUT2D eigenvalue weighted by atomic mass is 16.5. The summed E-state index contributed by atoms with van der Waals surface area (Å²) in [6, 6.07) is 5.56. The predicted molar refractivity (Wildman–Crippen MR) is 76.0 cm³/mol. The van der Waals surface area contributed by atoms with E-state index in [0.29, 0.717) is 13.0 Å². The highest BCUT2D eigenvalue weighted by Gasteiger charge is 2.26. The number of esters is 1. The fraction of sp³-hybridized carbons (Fsp3) is 0.438. The molecule has 0 radical (unpaired) electrons. The summed E-state index contributed by atoms with van der Waals surface area (Å²) in [4.78, 5) is 11.7. The number of nitrogens with zero attached hydrogens (tertiary/aromatic N) is 1. The van der Waals surface area contributed by atoms with Crippen LogP contribution in [0.5, 0.6) is 5.75 Å². The predicted octanol–water partition coefficient (Wildman–Crippen LogP) is 3.02. The molecule has 2 heterocycles. The van der Waals surface area contributed by atoms with Gasteiger partial charge in [-0.05, 0) is 49.8 Å². The molecule has 2 aromatic heterocycles. The summed E-state index contributed by atoms with van der Waals surface area (Å²) < 4.78 is 7.18. The number of aromatic hydroxyl groups is 1. The summed E-state index contributed by atoms with van der Waals surface area (Å²) in [5.74, 6) is 0.387. The summed E-state index contributed by atoms with van der Waals surface area (Å²) in [7, 11) is 0. The van der Waals surface area contributed by atoms with Crippen LogP contribution in [-0.4, -0.2) is 22.1 Å². The summed E-state index contributed by atoms with van der Waals surface area (Å²) in [5.41, 5.74) is 3.49. The standard InChI is InChI=1S/C16H19NO3/c1-2-20-16(19)8-11-4-3-5-15-14(11)10-12-9-13(18)6-7-17(12)15/h6-7,9-11,18H,2-5,8H2,1H3. The number of rotatable bonds is 3. The first-order valence-electron chi connectivity index (χ1n) is 7.17. The Morgan fingerprint density at radius 3 is 3.15 bits per heavy atom. The Balaban J connectivity index is 1.96. The van der Waals surface area contributed by atoms with Gasteiger partial charge in [-0.1, -0.05) is 0 Å². The summed E-state index contributed by atoms with van der Waals surface area (Å²) in [5, 5.41) is 9.59. The fourth-order valence-electron chi connectivity index (χ4n) is 3.17. The van der Waals surface area contributed by atoms with Crippen LogP contribution < -0.4 is 0 Å². The van der Waals surface area contributed by atoms with Crippen LogP contribution in [0.3, 0.4) is 0 Å². The lowest BCUT2D eigenvalue weighted by Gasteiger charge is -2.22. The van der Waals surface area contributed by atoms with Crippen LogP contribution in [-0.2, 0) is 16.0 Å². The molecular formula is C16H19NO3. The van der Waals surface area contributed by atoms with E-state index in [2.05, 4.69) is 10.5 Å². The van der Waals surface area contributed by atoms with Gasteiger partial charge in [-0.15, -0.1) is 0 Å². The van der Waals surface area contributed by atoms with Crippen molar-refractivity contribution in [3.05, 3.63) is 35.7 Å². The van der Waals surface area contributed by atoms with Crippen molar-refractivity contribution >= 4 is 11.5 Å². The third kappa shape index (κ3) is 2.26. The zero-order chi connectivity index (χ0) is 14.1. The Labute approximate surface area is 118 Å². The largest absolute Gasteiger partial charge is 0.508 e. The van der Waals surface area contributed by atoms with Gasteiger partial charge in [-0.2, -0.15) is 0 Å². The maximum atomic E-state index is 11.7. The van der Waals surface area contributed by atoms with Gasteiger partial charge in [0.05, 0.1) is 13.0 Å². The Kier molecular flexibility index (Phi) is 3.38. The van der Waals surface area contributed by atoms with Crippen LogP contribution in [0, 0.1) is 0 Å². The van der Waals surface area contributed by atoms with Crippen molar-refractivity contribution < 1.29 is 14.6 Å². The lowest BCUT2D eigenvalue weighted by atomic mass is 9.85. The molecular weight excluding hydrogens is 254 g/mol. The van der Waals surface area contributed by atoms with E-state index in [9.17, 15) is 9.90 Å². The first-order chi connectivity index (χ1) is 9.69. The number of carbonyl (C=O) groups is 1. The molecule has 0 aromatic carbocycles. The van der Waals surface area contributed by atoms with Gasteiger partial charge in [-0.3, -0.25) is 4.79 Å². The summed E-state index contributed by atoms with van der Waals surface area (Å²) >= 11 is 0. The van der Waals surface area contributed by atoms with E-state index >= 15 is 0 Å². The average molecular weight is 273 g/mol. The van der Waals surface area contributed by atoms with E-state index in [4.69, 9.17) is 4.74 Å². The molecule has 1 N–H and O–H groups in total. The van der Waals surface area contributed by atoms with Crippen LogP contribution in [0.4, 0.5) is 0 Å². The topological polar surface area (TPSA) is 50.9 Å². The Hall–Kier alpha value is -1.97. The van der Waals surface area contributed by atoms with E-state index < -0.39 is 0 Å². The quantitative estimate of drug-likeness (QED) is 0.875. The zero-order valence-electron chi connectivity index (χ0n) is 11.6. The van der Waals surface area contributed by atoms with Gasteiger partial charge < -0.3 is 14.2 Å². The number of carbonyl (C=O) groups excluding carboxylic acids is 1. The SMILES string of the molecule is CCOC(=O)CC1CCCc2c1cc1cc(O)ccn21. The molecule has 1 aliphatic carbocycles. The lowest BCUT2D eigenvalue weighted by Crippen LogP contribution is -2.15. The number of hydrogen-bond donors (Lipinski definition) is 1. The molecule has 0 amide bonds. The van der Waals surface area contributed by atoms with Gasteiger partial charge in [0.15, 0.2) is 0 Å². The fourth-order valence-corrected chi connectivity index (χ4v) is 3.17. The molecule has 1 atom stereocenters. The Morgan fingerprint density at radius 2 is 2.35 bits per heavy atom. The molecule has 0 bridgehead atoms. The average Bonchev–Trinajstić information content (AvgIpc) is 2.77. The van der Waals surface area contributed by atoms with E-state index in [0.717, 1.165) is 24.8 Å². The second-order valence-electron chi connectivity index (χ2n) is 5.32. The maximum absolute atomic E-state index is 11.7. The molecule has 3 rings (SSSR count). The van der Waals surface area contributed by atoms with E-state index in [-0.39, 0.29) is 17.6 Å².